The molecule has 0 fully saturated rings. The quantitative estimate of drug-likeness (QED) is 0.260. The van der Waals surface area contributed by atoms with Crippen LogP contribution in [-0.4, -0.2) is 14.8 Å². The smallest absolute Gasteiger partial charge is 0.228 e. The Bertz CT molecular complexity index is 1390. The van der Waals surface area contributed by atoms with Crippen LogP contribution in [0.15, 0.2) is 95.5 Å². The van der Waals surface area contributed by atoms with E-state index in [1.54, 1.807) is 60.7 Å². The zero-order valence-electron chi connectivity index (χ0n) is 16.5. The van der Waals surface area contributed by atoms with Gasteiger partial charge in [-0.2, -0.15) is 18.3 Å². The van der Waals surface area contributed by atoms with Crippen LogP contribution in [0, 0.1) is 0 Å². The van der Waals surface area contributed by atoms with Crippen LogP contribution in [0.5, 0.6) is 0 Å². The molecular formula is C25H15BrF3N3. The number of nitrogens with zero attached hydrogens (tertiary/aromatic N) is 3. The molecule has 0 atom stereocenters. The monoisotopic (exact) mass is 493 g/mol. The van der Waals surface area contributed by atoms with Crippen molar-refractivity contribution in [1.82, 2.24) is 14.8 Å². The maximum atomic E-state index is 14.3. The normalized spacial score (nSPS) is 11.8. The van der Waals surface area contributed by atoms with E-state index in [-0.39, 0.29) is 22.4 Å². The highest BCUT2D eigenvalue weighted by Gasteiger charge is 2.36. The molecule has 0 bridgehead atoms. The zero-order chi connectivity index (χ0) is 22.3. The van der Waals surface area contributed by atoms with Crippen LogP contribution < -0.4 is 0 Å². The molecule has 0 saturated heterocycles. The lowest BCUT2D eigenvalue weighted by atomic mass is 10.0. The minimum absolute atomic E-state index is 0.0200. The van der Waals surface area contributed by atoms with E-state index in [2.05, 4.69) is 26.0 Å². The number of para-hydroxylation sites is 1. The first-order chi connectivity index (χ1) is 15.4. The van der Waals surface area contributed by atoms with E-state index in [9.17, 15) is 13.2 Å². The third-order valence-corrected chi connectivity index (χ3v) is 5.66. The maximum absolute atomic E-state index is 14.3. The Morgan fingerprint density at radius 3 is 2.00 bits per heavy atom. The maximum Gasteiger partial charge on any atom is 0.417 e. The molecule has 5 rings (SSSR count). The second-order valence-corrected chi connectivity index (χ2v) is 8.14. The highest BCUT2D eigenvalue weighted by Crippen LogP contribution is 2.41. The molecule has 0 N–H and O–H groups in total. The third-order valence-electron chi connectivity index (χ3n) is 5.13. The largest absolute Gasteiger partial charge is 0.417 e. The number of halogens is 4. The van der Waals surface area contributed by atoms with E-state index in [4.69, 9.17) is 0 Å². The Morgan fingerprint density at radius 2 is 1.38 bits per heavy atom. The van der Waals surface area contributed by atoms with Gasteiger partial charge in [-0.15, -0.1) is 0 Å². The van der Waals surface area contributed by atoms with Crippen molar-refractivity contribution in [3.63, 3.8) is 0 Å². The van der Waals surface area contributed by atoms with Crippen molar-refractivity contribution in [2.75, 3.05) is 0 Å². The molecule has 2 heterocycles. The summed E-state index contributed by atoms with van der Waals surface area (Å²) in [7, 11) is 0. The molecule has 32 heavy (non-hydrogen) atoms. The van der Waals surface area contributed by atoms with E-state index in [0.29, 0.717) is 16.8 Å². The number of rotatable bonds is 3. The van der Waals surface area contributed by atoms with Crippen molar-refractivity contribution in [3.05, 3.63) is 101 Å². The summed E-state index contributed by atoms with van der Waals surface area (Å²) in [5.41, 5.74) is 1.68. The van der Waals surface area contributed by atoms with Gasteiger partial charge in [0, 0.05) is 15.6 Å². The molecule has 7 heteroatoms. The van der Waals surface area contributed by atoms with Crippen LogP contribution in [0.3, 0.4) is 0 Å². The Hall–Kier alpha value is -3.45. The van der Waals surface area contributed by atoms with Crippen molar-refractivity contribution in [1.29, 1.82) is 0 Å². The second kappa shape index (κ2) is 7.91. The van der Waals surface area contributed by atoms with E-state index < -0.39 is 11.7 Å². The van der Waals surface area contributed by atoms with Crippen molar-refractivity contribution >= 4 is 27.0 Å². The number of hydrogen-bond acceptors (Lipinski definition) is 2. The van der Waals surface area contributed by atoms with Crippen LogP contribution in [0.2, 0.25) is 0 Å². The summed E-state index contributed by atoms with van der Waals surface area (Å²) < 4.78 is 45.3. The topological polar surface area (TPSA) is 30.7 Å². The average molecular weight is 494 g/mol. The lowest BCUT2D eigenvalue weighted by molar-refractivity contribution is -0.136. The Kier molecular flexibility index (Phi) is 5.06. The van der Waals surface area contributed by atoms with Gasteiger partial charge in [0.15, 0.2) is 5.65 Å². The van der Waals surface area contributed by atoms with Crippen LogP contribution in [0.25, 0.3) is 39.2 Å². The molecule has 0 spiro atoms. The van der Waals surface area contributed by atoms with Crippen molar-refractivity contribution in [3.8, 4) is 28.2 Å². The summed E-state index contributed by atoms with van der Waals surface area (Å²) in [6, 6.07) is 26.1. The van der Waals surface area contributed by atoms with Gasteiger partial charge in [0.2, 0.25) is 0 Å². The molecule has 0 aliphatic heterocycles. The number of alkyl halides is 3. The molecular weight excluding hydrogens is 479 g/mol. The fraction of sp³-hybridized carbons (Fsp3) is 0.0400. The van der Waals surface area contributed by atoms with E-state index in [0.717, 1.165) is 10.5 Å². The minimum atomic E-state index is -4.58. The van der Waals surface area contributed by atoms with Crippen molar-refractivity contribution in [2.45, 2.75) is 6.18 Å². The molecule has 0 amide bonds. The second-order valence-electron chi connectivity index (χ2n) is 7.22. The molecule has 0 saturated carbocycles. The summed E-state index contributed by atoms with van der Waals surface area (Å²) in [5, 5.41) is 4.58. The fourth-order valence-electron chi connectivity index (χ4n) is 3.66. The van der Waals surface area contributed by atoms with Gasteiger partial charge in [-0.3, -0.25) is 0 Å². The number of hydrogen-bond donors (Lipinski definition) is 0. The standard InChI is InChI=1S/C25H15BrF3N3/c26-18-13-11-16(12-14-18)21-15-20(25(27,28)29)22-23(17-7-3-1-4-8-17)31-32(24(22)30-21)19-9-5-2-6-10-19/h1-15H. The van der Waals surface area contributed by atoms with Gasteiger partial charge in [0.25, 0.3) is 0 Å². The van der Waals surface area contributed by atoms with Crippen molar-refractivity contribution in [2.24, 2.45) is 0 Å². The van der Waals surface area contributed by atoms with Gasteiger partial charge in [0.05, 0.1) is 22.3 Å². The Balaban J connectivity index is 1.89. The lowest BCUT2D eigenvalue weighted by Gasteiger charge is -2.12. The van der Waals surface area contributed by atoms with Crippen LogP contribution in [-0.2, 0) is 6.18 Å². The molecule has 2 aromatic heterocycles. The Labute approximate surface area is 190 Å². The zero-order valence-corrected chi connectivity index (χ0v) is 18.1. The molecule has 5 aromatic rings. The van der Waals surface area contributed by atoms with E-state index in [1.807, 2.05) is 24.3 Å². The SMILES string of the molecule is FC(F)(F)c1cc(-c2ccc(Br)cc2)nc2c1c(-c1ccccc1)nn2-c1ccccc1. The van der Waals surface area contributed by atoms with Gasteiger partial charge < -0.3 is 0 Å². The van der Waals surface area contributed by atoms with Gasteiger partial charge in [-0.25, -0.2) is 9.67 Å². The number of pyridine rings is 1. The average Bonchev–Trinajstić information content (AvgIpc) is 3.19. The summed E-state index contributed by atoms with van der Waals surface area (Å²) >= 11 is 3.36. The van der Waals surface area contributed by atoms with Gasteiger partial charge >= 0.3 is 6.18 Å². The summed E-state index contributed by atoms with van der Waals surface area (Å²) in [6.07, 6.45) is -4.58. The highest BCUT2D eigenvalue weighted by molar-refractivity contribution is 9.10. The summed E-state index contributed by atoms with van der Waals surface area (Å²) in [6.45, 7) is 0. The lowest BCUT2D eigenvalue weighted by Crippen LogP contribution is -2.08. The van der Waals surface area contributed by atoms with Crippen molar-refractivity contribution < 1.29 is 13.2 Å². The van der Waals surface area contributed by atoms with Gasteiger partial charge in [0.1, 0.15) is 5.69 Å². The van der Waals surface area contributed by atoms with Crippen LogP contribution in [0.4, 0.5) is 13.2 Å². The number of aromatic nitrogens is 3. The van der Waals surface area contributed by atoms with Crippen LogP contribution >= 0.6 is 15.9 Å². The first-order valence-corrected chi connectivity index (χ1v) is 10.6. The summed E-state index contributed by atoms with van der Waals surface area (Å²) in [5.74, 6) is 0. The molecule has 0 aliphatic carbocycles. The van der Waals surface area contributed by atoms with Gasteiger partial charge in [-0.05, 0) is 30.3 Å². The molecule has 158 valence electrons. The number of fused-ring (bicyclic) bond motifs is 1. The molecule has 3 nitrogen and oxygen atoms in total. The van der Waals surface area contributed by atoms with Gasteiger partial charge in [-0.1, -0.05) is 76.6 Å². The highest BCUT2D eigenvalue weighted by atomic mass is 79.9. The Morgan fingerprint density at radius 1 is 0.750 bits per heavy atom. The predicted octanol–water partition coefficient (Wildman–Crippen LogP) is 7.54. The molecule has 0 unspecified atom stereocenters. The molecule has 0 radical (unpaired) electrons. The van der Waals surface area contributed by atoms with E-state index >= 15 is 0 Å². The minimum Gasteiger partial charge on any atom is -0.228 e. The molecule has 0 aliphatic rings. The summed E-state index contributed by atoms with van der Waals surface area (Å²) in [4.78, 5) is 4.66. The first kappa shape index (κ1) is 20.5. The molecule has 3 aromatic carbocycles. The third kappa shape index (κ3) is 3.69. The predicted molar refractivity (Wildman–Crippen MR) is 122 cm³/mol. The van der Waals surface area contributed by atoms with E-state index in [1.165, 1.54) is 4.68 Å². The van der Waals surface area contributed by atoms with Crippen LogP contribution in [0.1, 0.15) is 5.56 Å². The first-order valence-electron chi connectivity index (χ1n) is 9.79. The number of benzene rings is 3. The fourth-order valence-corrected chi connectivity index (χ4v) is 3.92.